The van der Waals surface area contributed by atoms with Crippen LogP contribution in [0.4, 0.5) is 0 Å². The Hall–Kier alpha value is -1.80. The third-order valence-electron chi connectivity index (χ3n) is 3.69. The number of nitrogens with zero attached hydrogens (tertiary/aromatic N) is 5. The molecule has 8 heteroatoms. The third kappa shape index (κ3) is 2.81. The molecule has 0 N–H and O–H groups in total. The smallest absolute Gasteiger partial charge is 0.207 e. The maximum absolute atomic E-state index is 12.7. The molecule has 0 radical (unpaired) electrons. The van der Waals surface area contributed by atoms with Crippen molar-refractivity contribution in [3.8, 4) is 5.69 Å². The van der Waals surface area contributed by atoms with Crippen LogP contribution in [0, 0.1) is 5.92 Å². The van der Waals surface area contributed by atoms with Crippen molar-refractivity contribution >= 4 is 10.0 Å². The van der Waals surface area contributed by atoms with Gasteiger partial charge in [-0.25, -0.2) is 13.1 Å². The van der Waals surface area contributed by atoms with Crippen LogP contribution in [0.15, 0.2) is 35.5 Å². The van der Waals surface area contributed by atoms with Gasteiger partial charge in [0.15, 0.2) is 0 Å². The van der Waals surface area contributed by atoms with Crippen LogP contribution in [0.3, 0.4) is 0 Å². The van der Waals surface area contributed by atoms with Crippen LogP contribution >= 0.6 is 0 Å². The predicted molar refractivity (Wildman–Crippen MR) is 76.3 cm³/mol. The molecule has 1 saturated heterocycles. The van der Waals surface area contributed by atoms with Gasteiger partial charge in [0.1, 0.15) is 6.33 Å². The molecule has 1 aromatic heterocycles. The summed E-state index contributed by atoms with van der Waals surface area (Å²) < 4.78 is 28.5. The zero-order valence-electron chi connectivity index (χ0n) is 11.8. The Kier molecular flexibility index (Phi) is 3.73. The van der Waals surface area contributed by atoms with Crippen LogP contribution in [0.25, 0.3) is 5.69 Å². The van der Waals surface area contributed by atoms with Crippen LogP contribution < -0.4 is 0 Å². The van der Waals surface area contributed by atoms with Gasteiger partial charge in [-0.15, -0.1) is 5.10 Å². The number of piperidine rings is 1. The van der Waals surface area contributed by atoms with E-state index in [1.807, 2.05) is 0 Å². The molecule has 0 aliphatic carbocycles. The van der Waals surface area contributed by atoms with E-state index in [9.17, 15) is 8.42 Å². The number of benzene rings is 1. The van der Waals surface area contributed by atoms with E-state index in [2.05, 4.69) is 22.4 Å². The SMILES string of the molecule is CC1CCCN(S(=O)(=O)c2cccc(-n3cnnn3)c2)C1. The lowest BCUT2D eigenvalue weighted by Crippen LogP contribution is -2.39. The molecule has 0 bridgehead atoms. The zero-order valence-corrected chi connectivity index (χ0v) is 12.6. The summed E-state index contributed by atoms with van der Waals surface area (Å²) in [4.78, 5) is 0.282. The Bertz CT molecular complexity index is 714. The van der Waals surface area contributed by atoms with Gasteiger partial charge in [0, 0.05) is 13.1 Å². The number of tetrazole rings is 1. The molecule has 7 nitrogen and oxygen atoms in total. The molecule has 1 atom stereocenters. The summed E-state index contributed by atoms with van der Waals surface area (Å²) in [5.74, 6) is 0.399. The second-order valence-corrected chi connectivity index (χ2v) is 7.30. The van der Waals surface area contributed by atoms with Gasteiger partial charge in [-0.2, -0.15) is 4.31 Å². The number of rotatable bonds is 3. The fraction of sp³-hybridized carbons (Fsp3) is 0.462. The highest BCUT2D eigenvalue weighted by Crippen LogP contribution is 2.24. The minimum absolute atomic E-state index is 0.282. The first-order valence-corrected chi connectivity index (χ1v) is 8.35. The van der Waals surface area contributed by atoms with Crippen LogP contribution in [-0.2, 0) is 10.0 Å². The topological polar surface area (TPSA) is 81.0 Å². The summed E-state index contributed by atoms with van der Waals surface area (Å²) >= 11 is 0. The molecule has 0 saturated carbocycles. The zero-order chi connectivity index (χ0) is 14.9. The largest absolute Gasteiger partial charge is 0.243 e. The van der Waals surface area contributed by atoms with Gasteiger partial charge in [0.2, 0.25) is 10.0 Å². The van der Waals surface area contributed by atoms with Gasteiger partial charge in [0.25, 0.3) is 0 Å². The van der Waals surface area contributed by atoms with Crippen molar-refractivity contribution in [3.05, 3.63) is 30.6 Å². The molecule has 112 valence electrons. The first-order chi connectivity index (χ1) is 10.1. The van der Waals surface area contributed by atoms with Gasteiger partial charge < -0.3 is 0 Å². The second-order valence-electron chi connectivity index (χ2n) is 5.36. The Morgan fingerprint density at radius 3 is 2.90 bits per heavy atom. The van der Waals surface area contributed by atoms with Crippen LogP contribution in [0.2, 0.25) is 0 Å². The quantitative estimate of drug-likeness (QED) is 0.847. The molecule has 0 amide bonds. The lowest BCUT2D eigenvalue weighted by Gasteiger charge is -2.30. The number of aromatic nitrogens is 4. The highest BCUT2D eigenvalue weighted by molar-refractivity contribution is 7.89. The molecule has 1 aliphatic heterocycles. The molecular formula is C13H17N5O2S. The lowest BCUT2D eigenvalue weighted by atomic mass is 10.0. The molecule has 2 aromatic rings. The molecule has 2 heterocycles. The molecule has 1 aromatic carbocycles. The highest BCUT2D eigenvalue weighted by atomic mass is 32.2. The van der Waals surface area contributed by atoms with Crippen LogP contribution in [0.1, 0.15) is 19.8 Å². The highest BCUT2D eigenvalue weighted by Gasteiger charge is 2.28. The molecule has 0 spiro atoms. The van der Waals surface area contributed by atoms with Crippen molar-refractivity contribution < 1.29 is 8.42 Å². The van der Waals surface area contributed by atoms with Crippen LogP contribution in [0.5, 0.6) is 0 Å². The Labute approximate surface area is 123 Å². The molecule has 1 unspecified atom stereocenters. The van der Waals surface area contributed by atoms with E-state index in [1.54, 1.807) is 28.6 Å². The first-order valence-electron chi connectivity index (χ1n) is 6.91. The van der Waals surface area contributed by atoms with Gasteiger partial charge >= 0.3 is 0 Å². The first kappa shape index (κ1) is 14.2. The van der Waals surface area contributed by atoms with Crippen molar-refractivity contribution in [3.63, 3.8) is 0 Å². The Morgan fingerprint density at radius 1 is 1.33 bits per heavy atom. The fourth-order valence-electron chi connectivity index (χ4n) is 2.58. The molecule has 1 fully saturated rings. The minimum atomic E-state index is -3.46. The summed E-state index contributed by atoms with van der Waals surface area (Å²) in [6.07, 6.45) is 3.43. The predicted octanol–water partition coefficient (Wildman–Crippen LogP) is 1.08. The summed E-state index contributed by atoms with van der Waals surface area (Å²) in [7, 11) is -3.46. The van der Waals surface area contributed by atoms with Crippen LogP contribution in [-0.4, -0.2) is 46.0 Å². The summed E-state index contributed by atoms with van der Waals surface area (Å²) in [6.45, 7) is 3.25. The van der Waals surface area contributed by atoms with Crippen molar-refractivity contribution in [2.75, 3.05) is 13.1 Å². The Morgan fingerprint density at radius 2 is 2.19 bits per heavy atom. The second kappa shape index (κ2) is 5.53. The average Bonchev–Trinajstić information content (AvgIpc) is 3.02. The molecule has 21 heavy (non-hydrogen) atoms. The molecule has 1 aliphatic rings. The Balaban J connectivity index is 1.94. The van der Waals surface area contributed by atoms with E-state index in [4.69, 9.17) is 0 Å². The summed E-state index contributed by atoms with van der Waals surface area (Å²) in [5, 5.41) is 10.9. The summed E-state index contributed by atoms with van der Waals surface area (Å²) in [6, 6.07) is 6.69. The summed E-state index contributed by atoms with van der Waals surface area (Å²) in [5.41, 5.74) is 0.631. The van der Waals surface area contributed by atoms with Crippen molar-refractivity contribution in [1.82, 2.24) is 24.5 Å². The monoisotopic (exact) mass is 307 g/mol. The lowest BCUT2D eigenvalue weighted by molar-refractivity contribution is 0.281. The fourth-order valence-corrected chi connectivity index (χ4v) is 4.22. The normalized spacial score (nSPS) is 20.5. The minimum Gasteiger partial charge on any atom is -0.207 e. The molecular weight excluding hydrogens is 290 g/mol. The number of hydrogen-bond donors (Lipinski definition) is 0. The van der Waals surface area contributed by atoms with Gasteiger partial charge in [-0.05, 0) is 47.4 Å². The standard InChI is InChI=1S/C13H17N5O2S/c1-11-4-3-7-17(9-11)21(19,20)13-6-2-5-12(8-13)18-10-14-15-16-18/h2,5-6,8,10-11H,3-4,7,9H2,1H3. The number of sulfonamides is 1. The maximum atomic E-state index is 12.7. The maximum Gasteiger partial charge on any atom is 0.243 e. The van der Waals surface area contributed by atoms with Crippen molar-refractivity contribution in [1.29, 1.82) is 0 Å². The van der Waals surface area contributed by atoms with E-state index in [1.165, 1.54) is 11.0 Å². The van der Waals surface area contributed by atoms with Crippen molar-refractivity contribution in [2.45, 2.75) is 24.7 Å². The number of hydrogen-bond acceptors (Lipinski definition) is 5. The van der Waals surface area contributed by atoms with Gasteiger partial charge in [0.05, 0.1) is 10.6 Å². The van der Waals surface area contributed by atoms with Gasteiger partial charge in [-0.3, -0.25) is 0 Å². The van der Waals surface area contributed by atoms with Crippen molar-refractivity contribution in [2.24, 2.45) is 5.92 Å². The van der Waals surface area contributed by atoms with Gasteiger partial charge in [-0.1, -0.05) is 13.0 Å². The van der Waals surface area contributed by atoms with E-state index in [-0.39, 0.29) is 4.90 Å². The molecule has 3 rings (SSSR count). The average molecular weight is 307 g/mol. The van der Waals surface area contributed by atoms with E-state index in [0.29, 0.717) is 24.7 Å². The van der Waals surface area contributed by atoms with E-state index in [0.717, 1.165) is 12.8 Å². The third-order valence-corrected chi connectivity index (χ3v) is 5.55. The van der Waals surface area contributed by atoms with E-state index < -0.39 is 10.0 Å². The van der Waals surface area contributed by atoms with E-state index >= 15 is 0 Å².